The Morgan fingerprint density at radius 1 is 0.396 bits per heavy atom. The van der Waals surface area contributed by atoms with Crippen molar-refractivity contribution in [1.29, 1.82) is 0 Å². The topological polar surface area (TPSA) is 78.9 Å². The molecule has 0 amide bonds. The van der Waals surface area contributed by atoms with Crippen molar-refractivity contribution < 1.29 is 28.6 Å². The quantitative estimate of drug-likeness (QED) is 0.0369. The molecule has 0 saturated heterocycles. The molecule has 0 spiro atoms. The number of carbonyl (C=O) groups is 3. The number of esters is 3. The molecule has 0 bridgehead atoms. The summed E-state index contributed by atoms with van der Waals surface area (Å²) >= 11 is 0. The second-order valence-electron chi connectivity index (χ2n) is 14.7. The highest BCUT2D eigenvalue weighted by Gasteiger charge is 2.19. The van der Waals surface area contributed by atoms with Crippen LogP contribution in [0.25, 0.3) is 0 Å². The maximum atomic E-state index is 12.5. The Balaban J connectivity index is 4.19. The number of unbranched alkanes of at least 4 members (excludes halogenated alkanes) is 24. The Labute approximate surface area is 298 Å². The molecule has 0 heterocycles. The molecule has 6 heteroatoms. The standard InChI is InChI=1S/C42H80O6/c1-5-7-9-11-12-13-14-15-19-22-26-29-33-40(43)46-36-39(48-42(45)35-31-24-10-8-6-2)37-47-41(44)34-30-27-23-20-17-16-18-21-25-28-32-38(3)4/h38-39H,5-37H2,1-4H3/t39-/m0/s1. The number of carbonyl (C=O) groups excluding carboxylic acids is 3. The minimum atomic E-state index is -0.756. The first-order valence-electron chi connectivity index (χ1n) is 20.9. The van der Waals surface area contributed by atoms with E-state index in [9.17, 15) is 14.4 Å². The Morgan fingerprint density at radius 2 is 0.688 bits per heavy atom. The fraction of sp³-hybridized carbons (Fsp3) is 0.929. The van der Waals surface area contributed by atoms with Gasteiger partial charge in [0.05, 0.1) is 0 Å². The molecule has 1 atom stereocenters. The van der Waals surface area contributed by atoms with Crippen LogP contribution in [0.5, 0.6) is 0 Å². The molecular weight excluding hydrogens is 600 g/mol. The lowest BCUT2D eigenvalue weighted by Crippen LogP contribution is -2.30. The third-order valence-corrected chi connectivity index (χ3v) is 9.29. The Bertz CT molecular complexity index is 721. The molecule has 0 aliphatic rings. The lowest BCUT2D eigenvalue weighted by Gasteiger charge is -2.18. The minimum Gasteiger partial charge on any atom is -0.462 e. The van der Waals surface area contributed by atoms with Crippen molar-refractivity contribution in [3.63, 3.8) is 0 Å². The van der Waals surface area contributed by atoms with Crippen molar-refractivity contribution in [2.75, 3.05) is 13.2 Å². The molecule has 0 rings (SSSR count). The molecule has 0 aromatic heterocycles. The van der Waals surface area contributed by atoms with Gasteiger partial charge >= 0.3 is 17.9 Å². The first kappa shape index (κ1) is 46.4. The van der Waals surface area contributed by atoms with E-state index in [-0.39, 0.29) is 31.1 Å². The third-order valence-electron chi connectivity index (χ3n) is 9.29. The van der Waals surface area contributed by atoms with Gasteiger partial charge in [-0.3, -0.25) is 14.4 Å². The van der Waals surface area contributed by atoms with E-state index >= 15 is 0 Å². The van der Waals surface area contributed by atoms with Crippen molar-refractivity contribution in [1.82, 2.24) is 0 Å². The number of rotatable bonds is 37. The van der Waals surface area contributed by atoms with Crippen LogP contribution in [0.15, 0.2) is 0 Å². The lowest BCUT2D eigenvalue weighted by molar-refractivity contribution is -0.167. The van der Waals surface area contributed by atoms with E-state index in [1.165, 1.54) is 116 Å². The van der Waals surface area contributed by atoms with E-state index in [4.69, 9.17) is 14.2 Å². The predicted octanol–water partition coefficient (Wildman–Crippen LogP) is 12.8. The van der Waals surface area contributed by atoms with Crippen molar-refractivity contribution >= 4 is 17.9 Å². The van der Waals surface area contributed by atoms with Gasteiger partial charge in [0, 0.05) is 19.3 Å². The predicted molar refractivity (Wildman–Crippen MR) is 201 cm³/mol. The molecule has 0 aromatic rings. The van der Waals surface area contributed by atoms with E-state index in [2.05, 4.69) is 27.7 Å². The van der Waals surface area contributed by atoms with Crippen LogP contribution in [0.1, 0.15) is 227 Å². The van der Waals surface area contributed by atoms with Gasteiger partial charge in [-0.25, -0.2) is 0 Å². The third kappa shape index (κ3) is 35.7. The van der Waals surface area contributed by atoms with Gasteiger partial charge < -0.3 is 14.2 Å². The van der Waals surface area contributed by atoms with Gasteiger partial charge in [0.1, 0.15) is 13.2 Å². The Hall–Kier alpha value is -1.59. The molecular formula is C42H80O6. The summed E-state index contributed by atoms with van der Waals surface area (Å²) in [5.74, 6) is -0.0559. The summed E-state index contributed by atoms with van der Waals surface area (Å²) in [6.45, 7) is 8.88. The zero-order chi connectivity index (χ0) is 35.3. The minimum absolute atomic E-state index is 0.0658. The van der Waals surface area contributed by atoms with Crippen molar-refractivity contribution in [3.05, 3.63) is 0 Å². The van der Waals surface area contributed by atoms with E-state index in [1.54, 1.807) is 0 Å². The summed E-state index contributed by atoms with van der Waals surface area (Å²) in [4.78, 5) is 37.3. The summed E-state index contributed by atoms with van der Waals surface area (Å²) in [5.41, 5.74) is 0. The fourth-order valence-electron chi connectivity index (χ4n) is 6.10. The molecule has 0 aromatic carbocycles. The number of ether oxygens (including phenoxy) is 3. The average molecular weight is 681 g/mol. The van der Waals surface area contributed by atoms with Gasteiger partial charge in [-0.2, -0.15) is 0 Å². The van der Waals surface area contributed by atoms with E-state index in [0.29, 0.717) is 19.3 Å². The fourth-order valence-corrected chi connectivity index (χ4v) is 6.10. The second-order valence-corrected chi connectivity index (χ2v) is 14.7. The van der Waals surface area contributed by atoms with E-state index < -0.39 is 6.10 Å². The van der Waals surface area contributed by atoms with Crippen molar-refractivity contribution in [3.8, 4) is 0 Å². The maximum Gasteiger partial charge on any atom is 0.306 e. The molecule has 0 aliphatic heterocycles. The SMILES string of the molecule is CCCCCCCCCCCCCCC(=O)OC[C@@H](COC(=O)CCCCCCCCCCCCC(C)C)OC(=O)CCCCCCC. The maximum absolute atomic E-state index is 12.5. The molecule has 0 saturated carbocycles. The molecule has 284 valence electrons. The van der Waals surface area contributed by atoms with E-state index in [0.717, 1.165) is 70.1 Å². The number of hydrogen-bond donors (Lipinski definition) is 0. The van der Waals surface area contributed by atoms with Crippen molar-refractivity contribution in [2.45, 2.75) is 233 Å². The van der Waals surface area contributed by atoms with Gasteiger partial charge in [0.25, 0.3) is 0 Å². The molecule has 6 nitrogen and oxygen atoms in total. The normalized spacial score (nSPS) is 11.9. The molecule has 0 radical (unpaired) electrons. The average Bonchev–Trinajstić information content (AvgIpc) is 3.06. The van der Waals surface area contributed by atoms with Crippen LogP contribution in [0.3, 0.4) is 0 Å². The van der Waals surface area contributed by atoms with Crippen LogP contribution in [0.2, 0.25) is 0 Å². The summed E-state index contributed by atoms with van der Waals surface area (Å²) in [6, 6.07) is 0. The van der Waals surface area contributed by atoms with Gasteiger partial charge in [-0.15, -0.1) is 0 Å². The highest BCUT2D eigenvalue weighted by Crippen LogP contribution is 2.15. The van der Waals surface area contributed by atoms with Crippen LogP contribution in [0.4, 0.5) is 0 Å². The smallest absolute Gasteiger partial charge is 0.306 e. The Kier molecular flexibility index (Phi) is 35.5. The summed E-state index contributed by atoms with van der Waals surface area (Å²) in [5, 5.41) is 0. The van der Waals surface area contributed by atoms with Gasteiger partial charge in [0.2, 0.25) is 0 Å². The summed E-state index contributed by atoms with van der Waals surface area (Å²) < 4.78 is 16.5. The summed E-state index contributed by atoms with van der Waals surface area (Å²) in [6.07, 6.45) is 34.0. The zero-order valence-electron chi connectivity index (χ0n) is 32.4. The highest BCUT2D eigenvalue weighted by atomic mass is 16.6. The molecule has 0 N–H and O–H groups in total. The molecule has 0 fully saturated rings. The van der Waals surface area contributed by atoms with Crippen LogP contribution in [-0.2, 0) is 28.6 Å². The highest BCUT2D eigenvalue weighted by molar-refractivity contribution is 5.71. The van der Waals surface area contributed by atoms with E-state index in [1.807, 2.05) is 0 Å². The van der Waals surface area contributed by atoms with Crippen LogP contribution < -0.4 is 0 Å². The number of hydrogen-bond acceptors (Lipinski definition) is 6. The largest absolute Gasteiger partial charge is 0.462 e. The molecule has 0 unspecified atom stereocenters. The van der Waals surface area contributed by atoms with Gasteiger partial charge in [-0.1, -0.05) is 188 Å². The first-order chi connectivity index (χ1) is 23.4. The van der Waals surface area contributed by atoms with Gasteiger partial charge in [0.15, 0.2) is 6.10 Å². The molecule has 48 heavy (non-hydrogen) atoms. The zero-order valence-corrected chi connectivity index (χ0v) is 32.4. The Morgan fingerprint density at radius 3 is 1.02 bits per heavy atom. The lowest BCUT2D eigenvalue weighted by atomic mass is 10.0. The van der Waals surface area contributed by atoms with Gasteiger partial charge in [-0.05, 0) is 25.2 Å². The van der Waals surface area contributed by atoms with Crippen LogP contribution in [-0.4, -0.2) is 37.2 Å². The monoisotopic (exact) mass is 681 g/mol. The first-order valence-corrected chi connectivity index (χ1v) is 20.9. The van der Waals surface area contributed by atoms with Crippen LogP contribution in [0, 0.1) is 5.92 Å². The second kappa shape index (κ2) is 36.7. The summed E-state index contributed by atoms with van der Waals surface area (Å²) in [7, 11) is 0. The molecule has 0 aliphatic carbocycles. The van der Waals surface area contributed by atoms with Crippen LogP contribution >= 0.6 is 0 Å². The van der Waals surface area contributed by atoms with Crippen molar-refractivity contribution in [2.24, 2.45) is 5.92 Å².